The molecule has 1 aliphatic carbocycles. The maximum atomic E-state index is 14.0. The molecule has 2 amide bonds. The number of aliphatic hydroxyl groups excluding tert-OH is 1. The molecule has 2 aromatic rings. The van der Waals surface area contributed by atoms with Gasteiger partial charge in [0.1, 0.15) is 5.82 Å². The molecule has 2 fully saturated rings. The minimum Gasteiger partial charge on any atom is -0.393 e. The Bertz CT molecular complexity index is 1180. The van der Waals surface area contributed by atoms with E-state index in [1.807, 2.05) is 6.92 Å². The van der Waals surface area contributed by atoms with Gasteiger partial charge in [0.15, 0.2) is 11.5 Å². The van der Waals surface area contributed by atoms with Gasteiger partial charge in [0.2, 0.25) is 0 Å². The van der Waals surface area contributed by atoms with Crippen molar-refractivity contribution >= 4 is 29.1 Å². The number of carbonyl (C=O) groups is 2. The highest BCUT2D eigenvalue weighted by Crippen LogP contribution is 2.36. The maximum Gasteiger partial charge on any atom is 0.417 e. The lowest BCUT2D eigenvalue weighted by Gasteiger charge is -2.28. The van der Waals surface area contributed by atoms with Gasteiger partial charge in [-0.3, -0.25) is 9.59 Å². The van der Waals surface area contributed by atoms with E-state index in [1.165, 1.54) is 11.0 Å². The molecule has 12 heteroatoms. The summed E-state index contributed by atoms with van der Waals surface area (Å²) >= 11 is 0. The van der Waals surface area contributed by atoms with E-state index in [1.54, 1.807) is 0 Å². The van der Waals surface area contributed by atoms with Gasteiger partial charge in [-0.05, 0) is 69.6 Å². The normalized spacial score (nSPS) is 20.2. The first-order valence-corrected chi connectivity index (χ1v) is 13.0. The third-order valence-electron chi connectivity index (χ3n) is 7.04. The molecule has 0 radical (unpaired) electrons. The number of aryl methyl sites for hydroxylation is 1. The molecule has 1 aromatic carbocycles. The summed E-state index contributed by atoms with van der Waals surface area (Å²) in [6.45, 7) is 2.69. The highest BCUT2D eigenvalue weighted by Gasteiger charge is 2.37. The highest BCUT2D eigenvalue weighted by atomic mass is 19.4. The molecule has 2 heterocycles. The standard InChI is InChI=1S/C26H33F3N6O3/c1-2-20-23(31-15-6-9-17(36)10-7-15)34-24(21(33-20)22(30)37)32-16-8-11-18(19(14-16)26(27,28)29)25(38)35-12-4-3-5-13-35/h8,11,14-15,17,36H,2-7,9-10,12-13H2,1H3,(H2,30,37)(H2,31,32,34). The first-order valence-electron chi connectivity index (χ1n) is 13.0. The Morgan fingerprint density at radius 2 is 1.76 bits per heavy atom. The number of benzene rings is 1. The number of alkyl halides is 3. The zero-order valence-corrected chi connectivity index (χ0v) is 21.3. The number of amides is 2. The number of piperidine rings is 1. The van der Waals surface area contributed by atoms with Crippen molar-refractivity contribution in [3.63, 3.8) is 0 Å². The van der Waals surface area contributed by atoms with E-state index < -0.39 is 29.1 Å². The average molecular weight is 535 g/mol. The first kappa shape index (κ1) is 27.6. The van der Waals surface area contributed by atoms with Crippen molar-refractivity contribution in [2.75, 3.05) is 23.7 Å². The molecular formula is C26H33F3N6O3. The number of likely N-dealkylation sites (tertiary alicyclic amines) is 1. The number of nitrogens with two attached hydrogens (primary N) is 1. The van der Waals surface area contributed by atoms with Gasteiger partial charge in [-0.15, -0.1) is 0 Å². The Kier molecular flexibility index (Phi) is 8.39. The number of halogens is 3. The second-order valence-corrected chi connectivity index (χ2v) is 9.82. The van der Waals surface area contributed by atoms with Crippen LogP contribution in [0.3, 0.4) is 0 Å². The molecular weight excluding hydrogens is 501 g/mol. The van der Waals surface area contributed by atoms with Crippen LogP contribution in [0.4, 0.5) is 30.5 Å². The van der Waals surface area contributed by atoms with Gasteiger partial charge in [0, 0.05) is 24.8 Å². The molecule has 38 heavy (non-hydrogen) atoms. The van der Waals surface area contributed by atoms with E-state index in [4.69, 9.17) is 5.73 Å². The summed E-state index contributed by atoms with van der Waals surface area (Å²) < 4.78 is 42.1. The molecule has 1 saturated heterocycles. The molecule has 206 valence electrons. The minimum atomic E-state index is -4.78. The zero-order chi connectivity index (χ0) is 27.4. The number of carbonyl (C=O) groups excluding carboxylic acids is 2. The van der Waals surface area contributed by atoms with Crippen LogP contribution in [0.15, 0.2) is 18.2 Å². The number of primary amides is 1. The zero-order valence-electron chi connectivity index (χ0n) is 21.3. The number of rotatable bonds is 7. The van der Waals surface area contributed by atoms with Gasteiger partial charge in [-0.1, -0.05) is 6.92 Å². The molecule has 0 spiro atoms. The van der Waals surface area contributed by atoms with Crippen molar-refractivity contribution < 1.29 is 27.9 Å². The summed E-state index contributed by atoms with van der Waals surface area (Å²) in [6, 6.07) is 3.36. The lowest BCUT2D eigenvalue weighted by Crippen LogP contribution is -2.36. The SMILES string of the molecule is CCc1nc(C(N)=O)c(Nc2ccc(C(=O)N3CCCCC3)c(C(F)(F)F)c2)nc1NC1CCC(O)CC1. The van der Waals surface area contributed by atoms with Crippen LogP contribution >= 0.6 is 0 Å². The van der Waals surface area contributed by atoms with Gasteiger partial charge in [-0.25, -0.2) is 9.97 Å². The van der Waals surface area contributed by atoms with E-state index in [-0.39, 0.29) is 29.3 Å². The van der Waals surface area contributed by atoms with Crippen molar-refractivity contribution in [3.05, 3.63) is 40.7 Å². The summed E-state index contributed by atoms with van der Waals surface area (Å²) in [7, 11) is 0. The molecule has 0 unspecified atom stereocenters. The molecule has 5 N–H and O–H groups in total. The van der Waals surface area contributed by atoms with Crippen LogP contribution < -0.4 is 16.4 Å². The highest BCUT2D eigenvalue weighted by molar-refractivity contribution is 5.98. The third-order valence-corrected chi connectivity index (χ3v) is 7.04. The summed E-state index contributed by atoms with van der Waals surface area (Å²) in [4.78, 5) is 35.4. The quantitative estimate of drug-likeness (QED) is 0.418. The van der Waals surface area contributed by atoms with Gasteiger partial charge >= 0.3 is 6.18 Å². The van der Waals surface area contributed by atoms with Gasteiger partial charge in [0.25, 0.3) is 11.8 Å². The van der Waals surface area contributed by atoms with Crippen molar-refractivity contribution in [3.8, 4) is 0 Å². The van der Waals surface area contributed by atoms with E-state index in [0.29, 0.717) is 56.7 Å². The fourth-order valence-electron chi connectivity index (χ4n) is 4.95. The Hall–Kier alpha value is -3.41. The fraction of sp³-hybridized carbons (Fsp3) is 0.538. The van der Waals surface area contributed by atoms with E-state index >= 15 is 0 Å². The number of aromatic nitrogens is 2. The molecule has 9 nitrogen and oxygen atoms in total. The van der Waals surface area contributed by atoms with Crippen LogP contribution in [0.1, 0.15) is 84.0 Å². The Balaban J connectivity index is 1.66. The Morgan fingerprint density at radius 3 is 2.37 bits per heavy atom. The summed E-state index contributed by atoms with van der Waals surface area (Å²) in [5, 5.41) is 15.9. The topological polar surface area (TPSA) is 133 Å². The van der Waals surface area contributed by atoms with Crippen LogP contribution in [0, 0.1) is 0 Å². The van der Waals surface area contributed by atoms with Crippen molar-refractivity contribution in [1.82, 2.24) is 14.9 Å². The van der Waals surface area contributed by atoms with Crippen LogP contribution in [0.2, 0.25) is 0 Å². The number of nitrogens with one attached hydrogen (secondary N) is 2. The van der Waals surface area contributed by atoms with Crippen LogP contribution in [0.25, 0.3) is 0 Å². The second-order valence-electron chi connectivity index (χ2n) is 9.82. The lowest BCUT2D eigenvalue weighted by atomic mass is 9.93. The molecule has 1 saturated carbocycles. The number of hydrogen-bond acceptors (Lipinski definition) is 7. The third kappa shape index (κ3) is 6.35. The smallest absolute Gasteiger partial charge is 0.393 e. The second kappa shape index (κ2) is 11.5. The molecule has 1 aliphatic heterocycles. The monoisotopic (exact) mass is 534 g/mol. The van der Waals surface area contributed by atoms with Crippen LogP contribution in [-0.4, -0.2) is 57.0 Å². The number of aliphatic hydroxyl groups is 1. The van der Waals surface area contributed by atoms with Crippen LogP contribution in [0.5, 0.6) is 0 Å². The number of anilines is 3. The lowest BCUT2D eigenvalue weighted by molar-refractivity contribution is -0.138. The first-order chi connectivity index (χ1) is 18.1. The van der Waals surface area contributed by atoms with Crippen LogP contribution in [-0.2, 0) is 12.6 Å². The molecule has 2 aliphatic rings. The summed E-state index contributed by atoms with van der Waals surface area (Å²) in [5.74, 6) is -1.22. The largest absolute Gasteiger partial charge is 0.417 e. The van der Waals surface area contributed by atoms with Crippen molar-refractivity contribution in [1.29, 1.82) is 0 Å². The van der Waals surface area contributed by atoms with Gasteiger partial charge < -0.3 is 26.4 Å². The number of hydrogen-bond donors (Lipinski definition) is 4. The molecule has 1 aromatic heterocycles. The van der Waals surface area contributed by atoms with E-state index in [2.05, 4.69) is 20.6 Å². The average Bonchev–Trinajstić information content (AvgIpc) is 2.89. The number of nitrogens with zero attached hydrogens (tertiary/aromatic N) is 3. The van der Waals surface area contributed by atoms with Crippen molar-refractivity contribution in [2.45, 2.75) is 76.6 Å². The maximum absolute atomic E-state index is 14.0. The van der Waals surface area contributed by atoms with Gasteiger partial charge in [0.05, 0.1) is 22.9 Å². The fourth-order valence-corrected chi connectivity index (χ4v) is 4.95. The summed E-state index contributed by atoms with van der Waals surface area (Å²) in [5.41, 5.74) is 4.31. The predicted molar refractivity (Wildman–Crippen MR) is 136 cm³/mol. The Morgan fingerprint density at radius 1 is 1.08 bits per heavy atom. The minimum absolute atomic E-state index is 0.0136. The van der Waals surface area contributed by atoms with Gasteiger partial charge in [-0.2, -0.15) is 13.2 Å². The molecule has 0 atom stereocenters. The van der Waals surface area contributed by atoms with Crippen molar-refractivity contribution in [2.24, 2.45) is 5.73 Å². The molecule has 4 rings (SSSR count). The van der Waals surface area contributed by atoms with E-state index in [9.17, 15) is 27.9 Å². The predicted octanol–water partition coefficient (Wildman–Crippen LogP) is 4.24. The molecule has 0 bridgehead atoms. The Labute approximate surface area is 219 Å². The summed E-state index contributed by atoms with van der Waals surface area (Å²) in [6.07, 6.45) is 0.489. The van der Waals surface area contributed by atoms with E-state index in [0.717, 1.165) is 31.4 Å².